The van der Waals surface area contributed by atoms with Crippen LogP contribution in [0.25, 0.3) is 0 Å². The average molecular weight is 464 g/mol. The number of halogens is 1. The molecule has 31 heavy (non-hydrogen) atoms. The first-order valence-electron chi connectivity index (χ1n) is 10.9. The highest BCUT2D eigenvalue weighted by Gasteiger charge is 2.44. The van der Waals surface area contributed by atoms with Crippen LogP contribution in [-0.4, -0.2) is 48.1 Å². The lowest BCUT2D eigenvalue weighted by molar-refractivity contribution is -0.140. The van der Waals surface area contributed by atoms with Crippen molar-refractivity contribution in [3.05, 3.63) is 51.7 Å². The highest BCUT2D eigenvalue weighted by molar-refractivity contribution is 7.88. The van der Waals surface area contributed by atoms with Crippen LogP contribution in [-0.2, 0) is 27.0 Å². The number of hydrogen-bond donors (Lipinski definition) is 0. The number of amides is 1. The molecule has 3 heterocycles. The van der Waals surface area contributed by atoms with E-state index in [1.807, 2.05) is 10.4 Å². The second-order valence-corrected chi connectivity index (χ2v) is 11.7. The van der Waals surface area contributed by atoms with E-state index in [1.54, 1.807) is 23.5 Å². The number of piperidine rings is 1. The quantitative estimate of drug-likeness (QED) is 0.682. The molecular weight excluding hydrogens is 437 g/mol. The van der Waals surface area contributed by atoms with Gasteiger partial charge in [-0.15, -0.1) is 11.3 Å². The SMILES string of the molecule is O=C(C1CCN(S(=O)(=O)Cc2ccccc2F)CC1)N1CCc2scnc2C1C1CC1. The van der Waals surface area contributed by atoms with Crippen LogP contribution in [0, 0.1) is 17.7 Å². The molecule has 2 aromatic rings. The molecule has 1 atom stereocenters. The molecule has 0 N–H and O–H groups in total. The summed E-state index contributed by atoms with van der Waals surface area (Å²) in [5, 5.41) is 0. The van der Waals surface area contributed by atoms with E-state index < -0.39 is 15.8 Å². The van der Waals surface area contributed by atoms with Gasteiger partial charge in [-0.05, 0) is 37.7 Å². The molecule has 1 aromatic carbocycles. The Balaban J connectivity index is 1.24. The van der Waals surface area contributed by atoms with E-state index in [2.05, 4.69) is 4.98 Å². The second-order valence-electron chi connectivity index (χ2n) is 8.75. The van der Waals surface area contributed by atoms with E-state index in [0.717, 1.165) is 31.5 Å². The van der Waals surface area contributed by atoms with E-state index in [-0.39, 0.29) is 29.2 Å². The third-order valence-corrected chi connectivity index (χ3v) is 9.45. The standard InChI is InChI=1S/C22H26FN3O3S2/c23-18-4-2-1-3-17(18)13-31(28,29)25-10-7-16(8-11-25)22(27)26-12-9-19-20(24-14-30-19)21(26)15-5-6-15/h1-4,14-16,21H,5-13H2. The summed E-state index contributed by atoms with van der Waals surface area (Å²) in [7, 11) is -3.62. The normalized spacial score (nSPS) is 23.0. The molecule has 1 unspecified atom stereocenters. The van der Waals surface area contributed by atoms with Gasteiger partial charge in [0.15, 0.2) is 0 Å². The van der Waals surface area contributed by atoms with Crippen LogP contribution < -0.4 is 0 Å². The van der Waals surface area contributed by atoms with E-state index in [4.69, 9.17) is 0 Å². The van der Waals surface area contributed by atoms with Gasteiger partial charge in [0.2, 0.25) is 15.9 Å². The van der Waals surface area contributed by atoms with Crippen molar-refractivity contribution in [3.8, 4) is 0 Å². The molecular formula is C22H26FN3O3S2. The fourth-order valence-corrected chi connectivity index (χ4v) is 7.25. The van der Waals surface area contributed by atoms with Crippen LogP contribution in [0.15, 0.2) is 29.8 Å². The fraction of sp³-hybridized carbons (Fsp3) is 0.545. The van der Waals surface area contributed by atoms with Crippen molar-refractivity contribution >= 4 is 27.3 Å². The molecule has 1 aliphatic carbocycles. The number of nitrogens with zero attached hydrogens (tertiary/aromatic N) is 3. The van der Waals surface area contributed by atoms with Crippen molar-refractivity contribution in [3.63, 3.8) is 0 Å². The molecule has 1 amide bonds. The highest BCUT2D eigenvalue weighted by atomic mass is 32.2. The zero-order chi connectivity index (χ0) is 21.6. The Labute approximate surface area is 186 Å². The molecule has 0 radical (unpaired) electrons. The maximum absolute atomic E-state index is 13.9. The van der Waals surface area contributed by atoms with Crippen molar-refractivity contribution in [2.24, 2.45) is 11.8 Å². The zero-order valence-corrected chi connectivity index (χ0v) is 18.9. The molecule has 0 spiro atoms. The predicted octanol–water partition coefficient (Wildman–Crippen LogP) is 3.36. The summed E-state index contributed by atoms with van der Waals surface area (Å²) in [5.41, 5.74) is 3.14. The molecule has 166 valence electrons. The van der Waals surface area contributed by atoms with Crippen LogP contribution >= 0.6 is 11.3 Å². The molecule has 0 bridgehead atoms. The van der Waals surface area contributed by atoms with Crippen LogP contribution in [0.4, 0.5) is 4.39 Å². The van der Waals surface area contributed by atoms with Crippen LogP contribution in [0.1, 0.15) is 47.9 Å². The van der Waals surface area contributed by atoms with Crippen LogP contribution in [0.2, 0.25) is 0 Å². The van der Waals surface area contributed by atoms with Crippen molar-refractivity contribution in [2.75, 3.05) is 19.6 Å². The Morgan fingerprint density at radius 1 is 1.13 bits per heavy atom. The summed E-state index contributed by atoms with van der Waals surface area (Å²) < 4.78 is 40.9. The molecule has 3 aliphatic rings. The lowest BCUT2D eigenvalue weighted by Gasteiger charge is -2.39. The summed E-state index contributed by atoms with van der Waals surface area (Å²) in [6.45, 7) is 1.33. The number of benzene rings is 1. The predicted molar refractivity (Wildman–Crippen MR) is 116 cm³/mol. The Kier molecular flexibility index (Phi) is 5.60. The molecule has 5 rings (SSSR count). The Bertz CT molecular complexity index is 1080. The van der Waals surface area contributed by atoms with Crippen LogP contribution in [0.5, 0.6) is 0 Å². The number of hydrogen-bond acceptors (Lipinski definition) is 5. The molecule has 1 aromatic heterocycles. The summed E-state index contributed by atoms with van der Waals surface area (Å²) >= 11 is 1.68. The molecule has 9 heteroatoms. The van der Waals surface area contributed by atoms with Gasteiger partial charge in [-0.2, -0.15) is 0 Å². The van der Waals surface area contributed by atoms with Crippen molar-refractivity contribution in [1.29, 1.82) is 0 Å². The fourth-order valence-electron chi connectivity index (χ4n) is 4.87. The summed E-state index contributed by atoms with van der Waals surface area (Å²) in [5.74, 6) is -0.371. The lowest BCUT2D eigenvalue weighted by atomic mass is 9.92. The first-order valence-corrected chi connectivity index (χ1v) is 13.4. The molecule has 1 saturated heterocycles. The van der Waals surface area contributed by atoms with Gasteiger partial charge in [-0.25, -0.2) is 22.1 Å². The number of fused-ring (bicyclic) bond motifs is 1. The highest BCUT2D eigenvalue weighted by Crippen LogP contribution is 2.48. The number of thiazole rings is 1. The minimum absolute atomic E-state index is 0.0883. The minimum atomic E-state index is -3.62. The molecule has 2 fully saturated rings. The monoisotopic (exact) mass is 463 g/mol. The van der Waals surface area contributed by atoms with Crippen molar-refractivity contribution < 1.29 is 17.6 Å². The van der Waals surface area contributed by atoms with Gasteiger partial charge < -0.3 is 4.90 Å². The van der Waals surface area contributed by atoms with Crippen molar-refractivity contribution in [2.45, 2.75) is 43.9 Å². The van der Waals surface area contributed by atoms with E-state index in [1.165, 1.54) is 21.3 Å². The van der Waals surface area contributed by atoms with Gasteiger partial charge in [0.1, 0.15) is 5.82 Å². The average Bonchev–Trinajstić information content (AvgIpc) is 3.50. The second kappa shape index (κ2) is 8.26. The first-order chi connectivity index (χ1) is 14.9. The largest absolute Gasteiger partial charge is 0.333 e. The summed E-state index contributed by atoms with van der Waals surface area (Å²) in [6, 6.07) is 6.06. The van der Waals surface area contributed by atoms with Gasteiger partial charge in [-0.1, -0.05) is 18.2 Å². The number of sulfonamides is 1. The number of carbonyl (C=O) groups excluding carboxylic acids is 1. The molecule has 1 saturated carbocycles. The zero-order valence-electron chi connectivity index (χ0n) is 17.2. The maximum Gasteiger partial charge on any atom is 0.226 e. The third kappa shape index (κ3) is 4.15. The Morgan fingerprint density at radius 3 is 2.58 bits per heavy atom. The molecule has 2 aliphatic heterocycles. The van der Waals surface area contributed by atoms with E-state index in [0.29, 0.717) is 31.8 Å². The lowest BCUT2D eigenvalue weighted by Crippen LogP contribution is -2.47. The maximum atomic E-state index is 13.9. The summed E-state index contributed by atoms with van der Waals surface area (Å²) in [6.07, 6.45) is 4.14. The van der Waals surface area contributed by atoms with Gasteiger partial charge in [-0.3, -0.25) is 4.79 Å². The molecule has 6 nitrogen and oxygen atoms in total. The number of rotatable bonds is 5. The first kappa shape index (κ1) is 21.0. The number of aromatic nitrogens is 1. The van der Waals surface area contributed by atoms with Gasteiger partial charge in [0.25, 0.3) is 0 Å². The van der Waals surface area contributed by atoms with Crippen LogP contribution in [0.3, 0.4) is 0 Å². The Hall–Kier alpha value is -1.84. The van der Waals surface area contributed by atoms with E-state index >= 15 is 0 Å². The van der Waals surface area contributed by atoms with E-state index in [9.17, 15) is 17.6 Å². The summed E-state index contributed by atoms with van der Waals surface area (Å²) in [4.78, 5) is 21.3. The minimum Gasteiger partial charge on any atom is -0.333 e. The Morgan fingerprint density at radius 2 is 1.87 bits per heavy atom. The van der Waals surface area contributed by atoms with Crippen molar-refractivity contribution in [1.82, 2.24) is 14.2 Å². The topological polar surface area (TPSA) is 70.6 Å². The number of carbonyl (C=O) groups is 1. The third-order valence-electron chi connectivity index (χ3n) is 6.71. The van der Waals surface area contributed by atoms with Gasteiger partial charge in [0.05, 0.1) is 23.0 Å². The van der Waals surface area contributed by atoms with Gasteiger partial charge >= 0.3 is 0 Å². The smallest absolute Gasteiger partial charge is 0.226 e. The van der Waals surface area contributed by atoms with Gasteiger partial charge in [0, 0.05) is 42.4 Å².